The number of amides is 2. The molecule has 2 amide bonds. The molecular weight excluding hydrogens is 306 g/mol. The topological polar surface area (TPSA) is 69.6 Å². The summed E-state index contributed by atoms with van der Waals surface area (Å²) in [5.74, 6) is 1.31. The van der Waals surface area contributed by atoms with Crippen LogP contribution < -0.4 is 4.90 Å². The quantitative estimate of drug-likeness (QED) is 0.801. The summed E-state index contributed by atoms with van der Waals surface area (Å²) in [6.07, 6.45) is 6.97. The summed E-state index contributed by atoms with van der Waals surface area (Å²) in [6, 6.07) is 0.344. The lowest BCUT2D eigenvalue weighted by Gasteiger charge is -2.37. The van der Waals surface area contributed by atoms with Crippen molar-refractivity contribution in [1.29, 1.82) is 0 Å². The van der Waals surface area contributed by atoms with Gasteiger partial charge in [0, 0.05) is 51.6 Å². The minimum absolute atomic E-state index is 0.0208. The molecular formula is C17H23N5O2. The minimum Gasteiger partial charge on any atom is -0.355 e. The molecule has 3 aliphatic rings. The van der Waals surface area contributed by atoms with Gasteiger partial charge in [0.15, 0.2) is 0 Å². The molecule has 7 nitrogen and oxygen atoms in total. The fourth-order valence-corrected chi connectivity index (χ4v) is 4.18. The third-order valence-electron chi connectivity index (χ3n) is 5.58. The van der Waals surface area contributed by atoms with Crippen LogP contribution in [0.25, 0.3) is 0 Å². The number of nitrogens with zero attached hydrogens (tertiary/aromatic N) is 5. The maximum atomic E-state index is 12.5. The Kier molecular flexibility index (Phi) is 3.86. The molecule has 0 bridgehead atoms. The molecule has 0 aliphatic carbocycles. The number of hydrogen-bond donors (Lipinski definition) is 0. The Morgan fingerprint density at radius 2 is 2.00 bits per heavy atom. The van der Waals surface area contributed by atoms with E-state index in [2.05, 4.69) is 14.9 Å². The Morgan fingerprint density at radius 1 is 1.21 bits per heavy atom. The van der Waals surface area contributed by atoms with E-state index in [1.54, 1.807) is 12.4 Å². The molecule has 4 rings (SSSR count). The van der Waals surface area contributed by atoms with Crippen molar-refractivity contribution in [2.45, 2.75) is 31.7 Å². The van der Waals surface area contributed by atoms with Crippen molar-refractivity contribution in [3.63, 3.8) is 0 Å². The zero-order valence-corrected chi connectivity index (χ0v) is 14.0. The molecule has 3 saturated heterocycles. The normalized spacial score (nSPS) is 26.9. The lowest BCUT2D eigenvalue weighted by Crippen LogP contribution is -2.45. The second kappa shape index (κ2) is 6.03. The molecule has 4 heterocycles. The summed E-state index contributed by atoms with van der Waals surface area (Å²) in [5, 5.41) is 0. The maximum absolute atomic E-state index is 12.5. The number of aromatic nitrogens is 2. The van der Waals surface area contributed by atoms with Crippen LogP contribution in [0.5, 0.6) is 0 Å². The molecule has 0 spiro atoms. The van der Waals surface area contributed by atoms with Crippen molar-refractivity contribution in [2.75, 3.05) is 38.1 Å². The van der Waals surface area contributed by atoms with Gasteiger partial charge in [-0.25, -0.2) is 4.98 Å². The van der Waals surface area contributed by atoms with Crippen molar-refractivity contribution in [3.05, 3.63) is 18.1 Å². The van der Waals surface area contributed by atoms with Crippen molar-refractivity contribution < 1.29 is 9.59 Å². The van der Waals surface area contributed by atoms with Gasteiger partial charge >= 0.3 is 0 Å². The highest BCUT2D eigenvalue weighted by Crippen LogP contribution is 2.32. The highest BCUT2D eigenvalue weighted by atomic mass is 16.2. The van der Waals surface area contributed by atoms with E-state index < -0.39 is 0 Å². The molecule has 3 aliphatic heterocycles. The molecule has 7 heteroatoms. The lowest BCUT2D eigenvalue weighted by molar-refractivity contribution is -0.127. The highest BCUT2D eigenvalue weighted by molar-refractivity contribution is 5.92. The lowest BCUT2D eigenvalue weighted by atomic mass is 9.93. The van der Waals surface area contributed by atoms with Crippen LogP contribution in [0.2, 0.25) is 0 Å². The Morgan fingerprint density at radius 3 is 2.79 bits per heavy atom. The summed E-state index contributed by atoms with van der Waals surface area (Å²) in [6.45, 7) is 3.27. The molecule has 128 valence electrons. The molecule has 0 saturated carbocycles. The number of rotatable bonds is 2. The number of carbonyl (C=O) groups excluding carboxylic acids is 2. The first-order valence-corrected chi connectivity index (χ1v) is 8.75. The standard InChI is InChI=1S/C17H23N5O2/c1-20-14-4-7-22(11-12(14)8-16(20)23)15-10-18-9-13(19-15)17(24)21-5-2-3-6-21/h9-10,12,14H,2-8,11H2,1H3/t12-,14+/m1/s1. The summed E-state index contributed by atoms with van der Waals surface area (Å²) in [7, 11) is 1.90. The maximum Gasteiger partial charge on any atom is 0.274 e. The average molecular weight is 329 g/mol. The zero-order chi connectivity index (χ0) is 16.7. The van der Waals surface area contributed by atoms with E-state index in [4.69, 9.17) is 0 Å². The van der Waals surface area contributed by atoms with E-state index in [9.17, 15) is 9.59 Å². The van der Waals surface area contributed by atoms with Gasteiger partial charge in [-0.1, -0.05) is 0 Å². The summed E-state index contributed by atoms with van der Waals surface area (Å²) in [4.78, 5) is 39.1. The fourth-order valence-electron chi connectivity index (χ4n) is 4.18. The first kappa shape index (κ1) is 15.4. The molecule has 0 aromatic carbocycles. The van der Waals surface area contributed by atoms with Gasteiger partial charge in [0.05, 0.1) is 12.4 Å². The Labute approximate surface area is 141 Å². The van der Waals surface area contributed by atoms with Crippen LogP contribution in [0, 0.1) is 5.92 Å². The number of carbonyl (C=O) groups is 2. The first-order valence-electron chi connectivity index (χ1n) is 8.75. The molecule has 1 aromatic heterocycles. The second-order valence-electron chi connectivity index (χ2n) is 7.03. The van der Waals surface area contributed by atoms with Crippen LogP contribution in [-0.2, 0) is 4.79 Å². The van der Waals surface area contributed by atoms with E-state index in [1.165, 1.54) is 0 Å². The van der Waals surface area contributed by atoms with E-state index in [-0.39, 0.29) is 11.8 Å². The third kappa shape index (κ3) is 2.61. The van der Waals surface area contributed by atoms with Gasteiger partial charge in [-0.3, -0.25) is 14.6 Å². The van der Waals surface area contributed by atoms with Gasteiger partial charge in [0.2, 0.25) is 5.91 Å². The van der Waals surface area contributed by atoms with Gasteiger partial charge in [-0.15, -0.1) is 0 Å². The Balaban J connectivity index is 1.50. The third-order valence-corrected chi connectivity index (χ3v) is 5.58. The molecule has 2 atom stereocenters. The Bertz CT molecular complexity index is 658. The van der Waals surface area contributed by atoms with Crippen LogP contribution in [0.3, 0.4) is 0 Å². The summed E-state index contributed by atoms with van der Waals surface area (Å²) in [5.41, 5.74) is 0.427. The Hall–Kier alpha value is -2.18. The van der Waals surface area contributed by atoms with Crippen molar-refractivity contribution in [3.8, 4) is 0 Å². The van der Waals surface area contributed by atoms with E-state index in [0.717, 1.165) is 51.3 Å². The van der Waals surface area contributed by atoms with Gasteiger partial charge in [-0.05, 0) is 19.3 Å². The smallest absolute Gasteiger partial charge is 0.274 e. The van der Waals surface area contributed by atoms with Gasteiger partial charge in [-0.2, -0.15) is 0 Å². The van der Waals surface area contributed by atoms with Gasteiger partial charge < -0.3 is 14.7 Å². The van der Waals surface area contributed by atoms with Crippen LogP contribution in [0.15, 0.2) is 12.4 Å². The molecule has 0 unspecified atom stereocenters. The number of piperidine rings is 1. The van der Waals surface area contributed by atoms with Crippen LogP contribution in [0.1, 0.15) is 36.2 Å². The summed E-state index contributed by atoms with van der Waals surface area (Å²) >= 11 is 0. The monoisotopic (exact) mass is 329 g/mol. The minimum atomic E-state index is -0.0208. The van der Waals surface area contributed by atoms with Crippen LogP contribution >= 0.6 is 0 Å². The molecule has 0 radical (unpaired) electrons. The SMILES string of the molecule is CN1C(=O)C[C@@H]2CN(c3cncc(C(=O)N4CCCC4)n3)CC[C@@H]21. The van der Waals surface area contributed by atoms with E-state index >= 15 is 0 Å². The second-order valence-corrected chi connectivity index (χ2v) is 7.03. The van der Waals surface area contributed by atoms with E-state index in [0.29, 0.717) is 24.1 Å². The van der Waals surface area contributed by atoms with Crippen LogP contribution in [-0.4, -0.2) is 70.9 Å². The highest BCUT2D eigenvalue weighted by Gasteiger charge is 2.41. The van der Waals surface area contributed by atoms with Crippen molar-refractivity contribution in [2.24, 2.45) is 5.92 Å². The predicted octanol–water partition coefficient (Wildman–Crippen LogP) is 0.770. The number of fused-ring (bicyclic) bond motifs is 1. The zero-order valence-electron chi connectivity index (χ0n) is 14.0. The number of hydrogen-bond acceptors (Lipinski definition) is 5. The summed E-state index contributed by atoms with van der Waals surface area (Å²) < 4.78 is 0. The predicted molar refractivity (Wildman–Crippen MR) is 88.7 cm³/mol. The van der Waals surface area contributed by atoms with Gasteiger partial charge in [0.1, 0.15) is 11.5 Å². The fraction of sp³-hybridized carbons (Fsp3) is 0.647. The number of anilines is 1. The van der Waals surface area contributed by atoms with E-state index in [1.807, 2.05) is 16.8 Å². The largest absolute Gasteiger partial charge is 0.355 e. The average Bonchev–Trinajstić information content (AvgIpc) is 3.23. The van der Waals surface area contributed by atoms with Crippen molar-refractivity contribution >= 4 is 17.6 Å². The van der Waals surface area contributed by atoms with Crippen LogP contribution in [0.4, 0.5) is 5.82 Å². The molecule has 0 N–H and O–H groups in total. The van der Waals surface area contributed by atoms with Gasteiger partial charge in [0.25, 0.3) is 5.91 Å². The molecule has 24 heavy (non-hydrogen) atoms. The number of likely N-dealkylation sites (tertiary alicyclic amines) is 2. The molecule has 1 aromatic rings. The first-order chi connectivity index (χ1) is 11.6. The van der Waals surface area contributed by atoms with Crippen molar-refractivity contribution in [1.82, 2.24) is 19.8 Å². The molecule has 3 fully saturated rings.